The van der Waals surface area contributed by atoms with Crippen LogP contribution < -0.4 is 0 Å². The zero-order valence-electron chi connectivity index (χ0n) is 7.55. The van der Waals surface area contributed by atoms with Crippen molar-refractivity contribution >= 4 is 0 Å². The molecule has 0 aromatic heterocycles. The van der Waals surface area contributed by atoms with Crippen molar-refractivity contribution in [2.24, 2.45) is 0 Å². The van der Waals surface area contributed by atoms with Crippen molar-refractivity contribution in [3.8, 4) is 0 Å². The van der Waals surface area contributed by atoms with E-state index in [2.05, 4.69) is 0 Å². The Morgan fingerprint density at radius 2 is 2.00 bits per heavy atom. The van der Waals surface area contributed by atoms with E-state index in [0.717, 1.165) is 0 Å². The standard InChI is InChI=1S/C8H16O3/c1-7(2)5-8(3,9)6(10-4)11-7/h6,9H,5H2,1-4H3. The van der Waals surface area contributed by atoms with E-state index in [1.54, 1.807) is 14.0 Å². The molecule has 0 saturated carbocycles. The Hall–Kier alpha value is -0.120. The third kappa shape index (κ3) is 1.72. The second-order valence-corrected chi connectivity index (χ2v) is 3.98. The van der Waals surface area contributed by atoms with Crippen molar-refractivity contribution in [1.29, 1.82) is 0 Å². The maximum atomic E-state index is 9.74. The fourth-order valence-electron chi connectivity index (χ4n) is 1.71. The first kappa shape index (κ1) is 8.97. The van der Waals surface area contributed by atoms with Crippen molar-refractivity contribution in [1.82, 2.24) is 0 Å². The number of ether oxygens (including phenoxy) is 2. The highest BCUT2D eigenvalue weighted by Gasteiger charge is 2.48. The zero-order chi connectivity index (χ0) is 8.70. The molecular weight excluding hydrogens is 144 g/mol. The monoisotopic (exact) mass is 160 g/mol. The van der Waals surface area contributed by atoms with Crippen LogP contribution in [0.4, 0.5) is 0 Å². The van der Waals surface area contributed by atoms with E-state index >= 15 is 0 Å². The van der Waals surface area contributed by atoms with Crippen LogP contribution in [0.5, 0.6) is 0 Å². The molecule has 0 aromatic carbocycles. The minimum Gasteiger partial charge on any atom is -0.385 e. The first-order chi connectivity index (χ1) is 4.87. The average Bonchev–Trinajstić information content (AvgIpc) is 1.99. The summed E-state index contributed by atoms with van der Waals surface area (Å²) in [6.07, 6.45) is 0.121. The SMILES string of the molecule is COC1OC(C)(C)CC1(C)O. The summed E-state index contributed by atoms with van der Waals surface area (Å²) in [5, 5.41) is 9.74. The minimum absolute atomic E-state index is 0.274. The lowest BCUT2D eigenvalue weighted by atomic mass is 9.95. The molecule has 3 nitrogen and oxygen atoms in total. The van der Waals surface area contributed by atoms with Gasteiger partial charge in [-0.2, -0.15) is 0 Å². The molecule has 0 bridgehead atoms. The molecule has 0 radical (unpaired) electrons. The third-order valence-electron chi connectivity index (χ3n) is 1.93. The predicted octanol–water partition coefficient (Wildman–Crippen LogP) is 0.909. The predicted molar refractivity (Wildman–Crippen MR) is 41.2 cm³/mol. The van der Waals surface area contributed by atoms with Gasteiger partial charge in [-0.25, -0.2) is 0 Å². The summed E-state index contributed by atoms with van der Waals surface area (Å²) in [7, 11) is 1.54. The number of methoxy groups -OCH3 is 1. The Bertz CT molecular complexity index is 151. The average molecular weight is 160 g/mol. The maximum absolute atomic E-state index is 9.74. The quantitative estimate of drug-likeness (QED) is 0.619. The summed E-state index contributed by atoms with van der Waals surface area (Å²) in [6, 6.07) is 0. The lowest BCUT2D eigenvalue weighted by Gasteiger charge is -2.21. The molecule has 0 aliphatic carbocycles. The highest BCUT2D eigenvalue weighted by molar-refractivity contribution is 4.93. The molecule has 11 heavy (non-hydrogen) atoms. The Morgan fingerprint density at radius 3 is 2.18 bits per heavy atom. The summed E-state index contributed by atoms with van der Waals surface area (Å²) >= 11 is 0. The van der Waals surface area contributed by atoms with Crippen LogP contribution in [0.2, 0.25) is 0 Å². The van der Waals surface area contributed by atoms with E-state index in [9.17, 15) is 5.11 Å². The lowest BCUT2D eigenvalue weighted by Crippen LogP contribution is -2.35. The van der Waals surface area contributed by atoms with Crippen LogP contribution in [0.3, 0.4) is 0 Å². The Morgan fingerprint density at radius 1 is 1.45 bits per heavy atom. The molecule has 1 aliphatic rings. The minimum atomic E-state index is -0.849. The van der Waals surface area contributed by atoms with Gasteiger partial charge in [0.1, 0.15) is 5.60 Å². The van der Waals surface area contributed by atoms with E-state index in [4.69, 9.17) is 9.47 Å². The van der Waals surface area contributed by atoms with Gasteiger partial charge in [0.05, 0.1) is 5.60 Å². The molecule has 2 atom stereocenters. The number of aliphatic hydroxyl groups is 1. The summed E-state index contributed by atoms with van der Waals surface area (Å²) in [5.41, 5.74) is -1.12. The zero-order valence-corrected chi connectivity index (χ0v) is 7.55. The summed E-state index contributed by atoms with van der Waals surface area (Å²) < 4.78 is 10.4. The van der Waals surface area contributed by atoms with Crippen molar-refractivity contribution < 1.29 is 14.6 Å². The van der Waals surface area contributed by atoms with Crippen LogP contribution >= 0.6 is 0 Å². The van der Waals surface area contributed by atoms with E-state index in [-0.39, 0.29) is 5.60 Å². The molecule has 3 heteroatoms. The molecular formula is C8H16O3. The van der Waals surface area contributed by atoms with Crippen LogP contribution in [-0.4, -0.2) is 29.7 Å². The molecule has 0 aromatic rings. The van der Waals surface area contributed by atoms with Crippen molar-refractivity contribution in [2.75, 3.05) is 7.11 Å². The van der Waals surface area contributed by atoms with Crippen molar-refractivity contribution in [3.63, 3.8) is 0 Å². The first-order valence-electron chi connectivity index (χ1n) is 3.80. The van der Waals surface area contributed by atoms with Gasteiger partial charge in [-0.1, -0.05) is 0 Å². The van der Waals surface area contributed by atoms with Gasteiger partial charge in [-0.15, -0.1) is 0 Å². The molecule has 0 amide bonds. The van der Waals surface area contributed by atoms with E-state index in [1.165, 1.54) is 0 Å². The first-order valence-corrected chi connectivity index (χ1v) is 3.80. The molecule has 2 unspecified atom stereocenters. The van der Waals surface area contributed by atoms with Crippen molar-refractivity contribution in [3.05, 3.63) is 0 Å². The Labute approximate surface area is 67.3 Å². The Balaban J connectivity index is 2.71. The van der Waals surface area contributed by atoms with Gasteiger partial charge < -0.3 is 14.6 Å². The van der Waals surface area contributed by atoms with Gasteiger partial charge in [0.15, 0.2) is 6.29 Å². The number of rotatable bonds is 1. The van der Waals surface area contributed by atoms with Crippen LogP contribution in [-0.2, 0) is 9.47 Å². The van der Waals surface area contributed by atoms with Crippen LogP contribution in [0.1, 0.15) is 27.2 Å². The molecule has 1 saturated heterocycles. The second kappa shape index (κ2) is 2.44. The molecule has 1 rings (SSSR count). The van der Waals surface area contributed by atoms with Gasteiger partial charge in [-0.05, 0) is 20.8 Å². The van der Waals surface area contributed by atoms with Gasteiger partial charge >= 0.3 is 0 Å². The number of hydrogen-bond acceptors (Lipinski definition) is 3. The second-order valence-electron chi connectivity index (χ2n) is 3.98. The highest BCUT2D eigenvalue weighted by Crippen LogP contribution is 2.37. The molecule has 1 N–H and O–H groups in total. The topological polar surface area (TPSA) is 38.7 Å². The van der Waals surface area contributed by atoms with Gasteiger partial charge in [0.2, 0.25) is 0 Å². The number of hydrogen-bond donors (Lipinski definition) is 1. The van der Waals surface area contributed by atoms with E-state index in [0.29, 0.717) is 6.42 Å². The molecule has 1 aliphatic heterocycles. The Kier molecular flexibility index (Phi) is 1.99. The summed E-state index contributed by atoms with van der Waals surface area (Å²) in [5.74, 6) is 0. The summed E-state index contributed by atoms with van der Waals surface area (Å²) in [6.45, 7) is 5.62. The van der Waals surface area contributed by atoms with Gasteiger partial charge in [-0.3, -0.25) is 0 Å². The van der Waals surface area contributed by atoms with Gasteiger partial charge in [0.25, 0.3) is 0 Å². The van der Waals surface area contributed by atoms with Crippen LogP contribution in [0, 0.1) is 0 Å². The highest BCUT2D eigenvalue weighted by atomic mass is 16.7. The lowest BCUT2D eigenvalue weighted by molar-refractivity contribution is -0.193. The largest absolute Gasteiger partial charge is 0.385 e. The normalized spacial score (nSPS) is 42.8. The van der Waals surface area contributed by atoms with Gasteiger partial charge in [0, 0.05) is 13.5 Å². The third-order valence-corrected chi connectivity index (χ3v) is 1.93. The smallest absolute Gasteiger partial charge is 0.186 e. The molecule has 1 fully saturated rings. The van der Waals surface area contributed by atoms with E-state index in [1.807, 2.05) is 13.8 Å². The fourth-order valence-corrected chi connectivity index (χ4v) is 1.71. The molecule has 66 valence electrons. The maximum Gasteiger partial charge on any atom is 0.186 e. The fraction of sp³-hybridized carbons (Fsp3) is 1.00. The van der Waals surface area contributed by atoms with Crippen molar-refractivity contribution in [2.45, 2.75) is 44.7 Å². The van der Waals surface area contributed by atoms with Crippen LogP contribution in [0.25, 0.3) is 0 Å². The molecule has 1 heterocycles. The van der Waals surface area contributed by atoms with Crippen LogP contribution in [0.15, 0.2) is 0 Å². The molecule has 0 spiro atoms. The summed E-state index contributed by atoms with van der Waals surface area (Å²) in [4.78, 5) is 0. The van der Waals surface area contributed by atoms with E-state index < -0.39 is 11.9 Å².